The summed E-state index contributed by atoms with van der Waals surface area (Å²) in [6, 6.07) is 0.137. The number of hydrogen-bond donors (Lipinski definition) is 1. The van der Waals surface area contributed by atoms with Gasteiger partial charge < -0.3 is 4.98 Å². The number of rotatable bonds is 2. The van der Waals surface area contributed by atoms with Crippen LogP contribution in [0.4, 0.5) is 0 Å². The van der Waals surface area contributed by atoms with Crippen molar-refractivity contribution in [2.24, 2.45) is 5.41 Å². The van der Waals surface area contributed by atoms with Crippen molar-refractivity contribution in [3.05, 3.63) is 27.4 Å². The van der Waals surface area contributed by atoms with Gasteiger partial charge in [0, 0.05) is 5.56 Å². The summed E-state index contributed by atoms with van der Waals surface area (Å²) in [5.41, 5.74) is 2.16. The first-order valence-corrected chi connectivity index (χ1v) is 6.58. The average molecular weight is 249 g/mol. The zero-order valence-electron chi connectivity index (χ0n) is 12.0. The number of fused-ring (bicyclic) bond motifs is 1. The van der Waals surface area contributed by atoms with Crippen LogP contribution in [0.25, 0.3) is 0 Å². The summed E-state index contributed by atoms with van der Waals surface area (Å²) < 4.78 is 0. The predicted octanol–water partition coefficient (Wildman–Crippen LogP) is 1.91. The number of hydrogen-bond acceptors (Lipinski definition) is 3. The number of nitrogens with zero attached hydrogens (tertiary/aromatic N) is 2. The van der Waals surface area contributed by atoms with Crippen molar-refractivity contribution in [1.82, 2.24) is 14.9 Å². The van der Waals surface area contributed by atoms with Crippen molar-refractivity contribution < 1.29 is 0 Å². The molecule has 0 fully saturated rings. The summed E-state index contributed by atoms with van der Waals surface area (Å²) >= 11 is 0. The number of aromatic nitrogens is 2. The third kappa shape index (κ3) is 2.48. The van der Waals surface area contributed by atoms with Crippen LogP contribution < -0.4 is 5.56 Å². The molecule has 1 heterocycles. The first kappa shape index (κ1) is 13.3. The number of aryl methyl sites for hydroxylation is 1. The van der Waals surface area contributed by atoms with E-state index in [0.717, 1.165) is 36.3 Å². The molecule has 0 amide bonds. The molecule has 1 aromatic heterocycles. The van der Waals surface area contributed by atoms with Gasteiger partial charge in [0.05, 0.1) is 11.7 Å². The Hall–Kier alpha value is -1.16. The molecule has 0 radical (unpaired) electrons. The Morgan fingerprint density at radius 2 is 2.06 bits per heavy atom. The molecule has 0 bridgehead atoms. The fourth-order valence-electron chi connectivity index (χ4n) is 2.42. The van der Waals surface area contributed by atoms with Gasteiger partial charge in [0.2, 0.25) is 0 Å². The van der Waals surface area contributed by atoms with Crippen LogP contribution in [0.5, 0.6) is 0 Å². The van der Waals surface area contributed by atoms with E-state index in [4.69, 9.17) is 0 Å². The van der Waals surface area contributed by atoms with E-state index >= 15 is 0 Å². The quantitative estimate of drug-likeness (QED) is 0.871. The molecule has 0 aromatic carbocycles. The Balaban J connectivity index is 2.43. The number of H-pyrrole nitrogens is 1. The molecule has 1 N–H and O–H groups in total. The molecule has 0 unspecified atom stereocenters. The Kier molecular flexibility index (Phi) is 3.32. The van der Waals surface area contributed by atoms with Gasteiger partial charge in [-0.25, -0.2) is 4.98 Å². The van der Waals surface area contributed by atoms with Crippen molar-refractivity contribution in [3.63, 3.8) is 0 Å². The van der Waals surface area contributed by atoms with Gasteiger partial charge in [0.1, 0.15) is 5.82 Å². The maximum absolute atomic E-state index is 12.2. The van der Waals surface area contributed by atoms with Crippen molar-refractivity contribution in [2.75, 3.05) is 14.1 Å². The van der Waals surface area contributed by atoms with E-state index in [9.17, 15) is 4.79 Å². The van der Waals surface area contributed by atoms with E-state index in [-0.39, 0.29) is 17.0 Å². The molecule has 2 rings (SSSR count). The zero-order chi connectivity index (χ0) is 13.5. The number of nitrogens with one attached hydrogen (secondary N) is 1. The lowest BCUT2D eigenvalue weighted by atomic mass is 9.76. The fraction of sp³-hybridized carbons (Fsp3) is 0.714. The lowest BCUT2D eigenvalue weighted by molar-refractivity contribution is 0.295. The van der Waals surface area contributed by atoms with Gasteiger partial charge in [-0.1, -0.05) is 13.8 Å². The van der Waals surface area contributed by atoms with Crippen LogP contribution in [0.15, 0.2) is 4.79 Å². The Bertz CT molecular complexity index is 502. The topological polar surface area (TPSA) is 49.0 Å². The normalized spacial score (nSPS) is 19.7. The fourth-order valence-corrected chi connectivity index (χ4v) is 2.42. The average Bonchev–Trinajstić information content (AvgIpc) is 2.28. The van der Waals surface area contributed by atoms with Crippen molar-refractivity contribution in [3.8, 4) is 0 Å². The van der Waals surface area contributed by atoms with Gasteiger partial charge in [-0.15, -0.1) is 0 Å². The highest BCUT2D eigenvalue weighted by Crippen LogP contribution is 2.32. The standard InChI is InChI=1S/C14H23N3O/c1-9(17(4)5)12-15-11-6-7-14(2,3)8-10(11)13(18)16-12/h9H,6-8H2,1-5H3,(H,15,16,18)/t9-/m0/s1. The van der Waals surface area contributed by atoms with Crippen LogP contribution >= 0.6 is 0 Å². The molecule has 1 aliphatic rings. The zero-order valence-corrected chi connectivity index (χ0v) is 12.0. The third-order valence-corrected chi connectivity index (χ3v) is 3.98. The molecule has 100 valence electrons. The van der Waals surface area contributed by atoms with Gasteiger partial charge in [-0.3, -0.25) is 9.69 Å². The molecule has 4 nitrogen and oxygen atoms in total. The van der Waals surface area contributed by atoms with E-state index in [1.165, 1.54) is 0 Å². The largest absolute Gasteiger partial charge is 0.309 e. The van der Waals surface area contributed by atoms with Gasteiger partial charge in [-0.05, 0) is 45.7 Å². The second-order valence-corrected chi connectivity index (χ2v) is 6.36. The van der Waals surface area contributed by atoms with Gasteiger partial charge in [0.15, 0.2) is 0 Å². The molecule has 0 spiro atoms. The Labute approximate surface area is 108 Å². The molecule has 0 saturated carbocycles. The minimum absolute atomic E-state index is 0.0523. The van der Waals surface area contributed by atoms with Crippen LogP contribution in [-0.4, -0.2) is 29.0 Å². The molecule has 1 aliphatic carbocycles. The summed E-state index contributed by atoms with van der Waals surface area (Å²) in [5, 5.41) is 0. The van der Waals surface area contributed by atoms with Crippen molar-refractivity contribution >= 4 is 0 Å². The smallest absolute Gasteiger partial charge is 0.254 e. The van der Waals surface area contributed by atoms with E-state index in [2.05, 4.69) is 35.6 Å². The number of aromatic amines is 1. The second-order valence-electron chi connectivity index (χ2n) is 6.36. The van der Waals surface area contributed by atoms with Crippen LogP contribution in [0, 0.1) is 5.41 Å². The maximum atomic E-state index is 12.2. The minimum Gasteiger partial charge on any atom is -0.309 e. The highest BCUT2D eigenvalue weighted by molar-refractivity contribution is 5.23. The third-order valence-electron chi connectivity index (χ3n) is 3.98. The first-order chi connectivity index (χ1) is 8.30. The van der Waals surface area contributed by atoms with Gasteiger partial charge >= 0.3 is 0 Å². The SMILES string of the molecule is C[C@@H](c1nc2c(c(=O)[nH]1)CC(C)(C)CC2)N(C)C. The Morgan fingerprint density at radius 1 is 1.39 bits per heavy atom. The molecule has 4 heteroatoms. The van der Waals surface area contributed by atoms with Crippen LogP contribution in [0.3, 0.4) is 0 Å². The monoisotopic (exact) mass is 249 g/mol. The van der Waals surface area contributed by atoms with Gasteiger partial charge in [-0.2, -0.15) is 0 Å². The molecule has 1 aromatic rings. The van der Waals surface area contributed by atoms with E-state index < -0.39 is 0 Å². The van der Waals surface area contributed by atoms with E-state index in [1.54, 1.807) is 0 Å². The van der Waals surface area contributed by atoms with Crippen LogP contribution in [0.1, 0.15) is 50.3 Å². The van der Waals surface area contributed by atoms with Crippen LogP contribution in [0.2, 0.25) is 0 Å². The summed E-state index contributed by atoms with van der Waals surface area (Å²) in [5.74, 6) is 0.781. The Morgan fingerprint density at radius 3 is 2.67 bits per heavy atom. The predicted molar refractivity (Wildman–Crippen MR) is 72.8 cm³/mol. The lowest BCUT2D eigenvalue weighted by Crippen LogP contribution is -2.32. The molecule has 18 heavy (non-hydrogen) atoms. The highest BCUT2D eigenvalue weighted by Gasteiger charge is 2.29. The molecule has 0 saturated heterocycles. The summed E-state index contributed by atoms with van der Waals surface area (Å²) in [6.07, 6.45) is 2.85. The maximum Gasteiger partial charge on any atom is 0.254 e. The van der Waals surface area contributed by atoms with Crippen molar-refractivity contribution in [1.29, 1.82) is 0 Å². The first-order valence-electron chi connectivity index (χ1n) is 6.58. The highest BCUT2D eigenvalue weighted by atomic mass is 16.1. The second kappa shape index (κ2) is 4.50. The minimum atomic E-state index is 0.0523. The summed E-state index contributed by atoms with van der Waals surface area (Å²) in [7, 11) is 3.99. The molecular weight excluding hydrogens is 226 g/mol. The van der Waals surface area contributed by atoms with E-state index in [0.29, 0.717) is 0 Å². The summed E-state index contributed by atoms with van der Waals surface area (Å²) in [4.78, 5) is 21.8. The van der Waals surface area contributed by atoms with Crippen LogP contribution in [-0.2, 0) is 12.8 Å². The van der Waals surface area contributed by atoms with Gasteiger partial charge in [0.25, 0.3) is 5.56 Å². The summed E-state index contributed by atoms with van der Waals surface area (Å²) in [6.45, 7) is 6.48. The van der Waals surface area contributed by atoms with E-state index in [1.807, 2.05) is 14.1 Å². The molecule has 1 atom stereocenters. The molecular formula is C14H23N3O. The van der Waals surface area contributed by atoms with Crippen molar-refractivity contribution in [2.45, 2.75) is 46.1 Å². The lowest BCUT2D eigenvalue weighted by Gasteiger charge is -2.30. The molecule has 0 aliphatic heterocycles.